The molecule has 0 radical (unpaired) electrons. The van der Waals surface area contributed by atoms with E-state index < -0.39 is 0 Å². The first-order valence-electron chi connectivity index (χ1n) is 5.60. The Morgan fingerprint density at radius 1 is 1.44 bits per heavy atom. The first-order chi connectivity index (χ1) is 7.47. The van der Waals surface area contributed by atoms with E-state index in [1.807, 2.05) is 25.6 Å². The lowest BCUT2D eigenvalue weighted by atomic mass is 10.1. The molecule has 0 fully saturated rings. The highest BCUT2D eigenvalue weighted by atomic mass is 15.3. The molecule has 1 aromatic heterocycles. The Bertz CT molecular complexity index is 398. The number of aromatic nitrogens is 2. The standard InChI is InChI=1S/C12H20N4/c1-8(2)7-14-11(6-13)12-9(3)15-16(5)10(12)4/h8,11,14H,7H2,1-5H3. The van der Waals surface area contributed by atoms with Gasteiger partial charge in [-0.15, -0.1) is 0 Å². The van der Waals surface area contributed by atoms with Gasteiger partial charge in [-0.3, -0.25) is 10.00 Å². The molecule has 4 heteroatoms. The largest absolute Gasteiger partial charge is 0.298 e. The van der Waals surface area contributed by atoms with Gasteiger partial charge in [-0.2, -0.15) is 10.4 Å². The third-order valence-electron chi connectivity index (χ3n) is 2.71. The van der Waals surface area contributed by atoms with Gasteiger partial charge in [0.25, 0.3) is 0 Å². The van der Waals surface area contributed by atoms with Gasteiger partial charge in [-0.05, 0) is 26.3 Å². The van der Waals surface area contributed by atoms with Crippen LogP contribution in [0.5, 0.6) is 0 Å². The van der Waals surface area contributed by atoms with Crippen LogP contribution in [-0.2, 0) is 7.05 Å². The zero-order chi connectivity index (χ0) is 12.3. The van der Waals surface area contributed by atoms with Crippen molar-refractivity contribution in [2.24, 2.45) is 13.0 Å². The highest BCUT2D eigenvalue weighted by molar-refractivity contribution is 5.32. The van der Waals surface area contributed by atoms with Crippen molar-refractivity contribution in [1.82, 2.24) is 15.1 Å². The van der Waals surface area contributed by atoms with Crippen LogP contribution in [0.3, 0.4) is 0 Å². The summed E-state index contributed by atoms with van der Waals surface area (Å²) in [6.45, 7) is 9.04. The molecule has 0 amide bonds. The molecule has 1 rings (SSSR count). The van der Waals surface area contributed by atoms with Gasteiger partial charge >= 0.3 is 0 Å². The van der Waals surface area contributed by atoms with Crippen molar-refractivity contribution in [2.45, 2.75) is 33.7 Å². The van der Waals surface area contributed by atoms with Gasteiger partial charge in [-0.1, -0.05) is 13.8 Å². The maximum atomic E-state index is 9.20. The molecular formula is C12H20N4. The molecule has 0 bridgehead atoms. The van der Waals surface area contributed by atoms with Crippen LogP contribution in [0.2, 0.25) is 0 Å². The molecule has 0 saturated carbocycles. The van der Waals surface area contributed by atoms with E-state index in [9.17, 15) is 5.26 Å². The van der Waals surface area contributed by atoms with Crippen LogP contribution in [0.15, 0.2) is 0 Å². The fourth-order valence-electron chi connectivity index (χ4n) is 1.77. The van der Waals surface area contributed by atoms with Crippen LogP contribution in [0.4, 0.5) is 0 Å². The maximum absolute atomic E-state index is 9.20. The Labute approximate surface area is 97.3 Å². The average molecular weight is 220 g/mol. The predicted octanol–water partition coefficient (Wildman–Crippen LogP) is 1.85. The first kappa shape index (κ1) is 12.7. The summed E-state index contributed by atoms with van der Waals surface area (Å²) in [4.78, 5) is 0. The number of aryl methyl sites for hydroxylation is 2. The van der Waals surface area contributed by atoms with E-state index >= 15 is 0 Å². The van der Waals surface area contributed by atoms with Gasteiger partial charge in [0.05, 0.1) is 11.8 Å². The third-order valence-corrected chi connectivity index (χ3v) is 2.71. The van der Waals surface area contributed by atoms with Crippen molar-refractivity contribution in [3.05, 3.63) is 17.0 Å². The molecule has 1 unspecified atom stereocenters. The van der Waals surface area contributed by atoms with Crippen molar-refractivity contribution < 1.29 is 0 Å². The molecular weight excluding hydrogens is 200 g/mol. The highest BCUT2D eigenvalue weighted by Gasteiger charge is 2.19. The van der Waals surface area contributed by atoms with Gasteiger partial charge in [-0.25, -0.2) is 0 Å². The number of hydrogen-bond donors (Lipinski definition) is 1. The van der Waals surface area contributed by atoms with E-state index in [0.717, 1.165) is 23.5 Å². The summed E-state index contributed by atoms with van der Waals surface area (Å²) < 4.78 is 1.83. The summed E-state index contributed by atoms with van der Waals surface area (Å²) in [5.74, 6) is 0.535. The Morgan fingerprint density at radius 3 is 2.44 bits per heavy atom. The monoisotopic (exact) mass is 220 g/mol. The normalized spacial score (nSPS) is 12.8. The smallest absolute Gasteiger partial charge is 0.124 e. The van der Waals surface area contributed by atoms with Crippen molar-refractivity contribution in [3.8, 4) is 6.07 Å². The average Bonchev–Trinajstić information content (AvgIpc) is 2.45. The number of nitriles is 1. The molecule has 0 aliphatic carbocycles. The Hall–Kier alpha value is -1.34. The van der Waals surface area contributed by atoms with Crippen molar-refractivity contribution in [3.63, 3.8) is 0 Å². The fraction of sp³-hybridized carbons (Fsp3) is 0.667. The molecule has 0 aromatic carbocycles. The van der Waals surface area contributed by atoms with Crippen molar-refractivity contribution in [1.29, 1.82) is 5.26 Å². The maximum Gasteiger partial charge on any atom is 0.124 e. The zero-order valence-corrected chi connectivity index (χ0v) is 10.7. The minimum Gasteiger partial charge on any atom is -0.298 e. The molecule has 1 heterocycles. The second-order valence-corrected chi connectivity index (χ2v) is 4.57. The van der Waals surface area contributed by atoms with Crippen molar-refractivity contribution >= 4 is 0 Å². The molecule has 0 spiro atoms. The SMILES string of the molecule is Cc1nn(C)c(C)c1C(C#N)NCC(C)C. The van der Waals surface area contributed by atoms with E-state index in [1.54, 1.807) is 0 Å². The van der Waals surface area contributed by atoms with Crippen LogP contribution in [-0.4, -0.2) is 16.3 Å². The minimum atomic E-state index is -0.254. The van der Waals surface area contributed by atoms with Gasteiger partial charge < -0.3 is 0 Å². The molecule has 0 aliphatic rings. The zero-order valence-electron chi connectivity index (χ0n) is 10.7. The van der Waals surface area contributed by atoms with Gasteiger partial charge in [0.2, 0.25) is 0 Å². The summed E-state index contributed by atoms with van der Waals surface area (Å²) in [5.41, 5.74) is 3.01. The summed E-state index contributed by atoms with van der Waals surface area (Å²) in [6.07, 6.45) is 0. The second kappa shape index (κ2) is 5.13. The number of rotatable bonds is 4. The van der Waals surface area contributed by atoms with Gasteiger partial charge in [0.1, 0.15) is 6.04 Å². The van der Waals surface area contributed by atoms with E-state index in [2.05, 4.69) is 30.3 Å². The molecule has 0 saturated heterocycles. The van der Waals surface area contributed by atoms with Gasteiger partial charge in [0.15, 0.2) is 0 Å². The van der Waals surface area contributed by atoms with E-state index in [-0.39, 0.29) is 6.04 Å². The van der Waals surface area contributed by atoms with E-state index in [4.69, 9.17) is 0 Å². The first-order valence-corrected chi connectivity index (χ1v) is 5.60. The lowest BCUT2D eigenvalue weighted by Crippen LogP contribution is -2.25. The lowest BCUT2D eigenvalue weighted by molar-refractivity contribution is 0.523. The molecule has 0 aliphatic heterocycles. The molecule has 1 atom stereocenters. The summed E-state index contributed by atoms with van der Waals surface area (Å²) in [6, 6.07) is 2.05. The van der Waals surface area contributed by atoms with Gasteiger partial charge in [0, 0.05) is 18.3 Å². The van der Waals surface area contributed by atoms with Crippen LogP contribution in [0, 0.1) is 31.1 Å². The third kappa shape index (κ3) is 2.61. The van der Waals surface area contributed by atoms with Crippen LogP contribution in [0.25, 0.3) is 0 Å². The van der Waals surface area contributed by atoms with Crippen LogP contribution < -0.4 is 5.32 Å². The Morgan fingerprint density at radius 2 is 2.06 bits per heavy atom. The topological polar surface area (TPSA) is 53.6 Å². The summed E-state index contributed by atoms with van der Waals surface area (Å²) >= 11 is 0. The van der Waals surface area contributed by atoms with E-state index in [1.165, 1.54) is 0 Å². The quantitative estimate of drug-likeness (QED) is 0.842. The number of nitrogens with one attached hydrogen (secondary N) is 1. The molecule has 1 aromatic rings. The van der Waals surface area contributed by atoms with E-state index in [0.29, 0.717) is 5.92 Å². The number of nitrogens with zero attached hydrogens (tertiary/aromatic N) is 3. The summed E-state index contributed by atoms with van der Waals surface area (Å²) in [5, 5.41) is 16.8. The second-order valence-electron chi connectivity index (χ2n) is 4.57. The Kier molecular flexibility index (Phi) is 4.08. The van der Waals surface area contributed by atoms with Crippen LogP contribution in [0.1, 0.15) is 36.8 Å². The molecule has 1 N–H and O–H groups in total. The molecule has 88 valence electrons. The Balaban J connectivity index is 2.92. The number of hydrogen-bond acceptors (Lipinski definition) is 3. The predicted molar refractivity (Wildman–Crippen MR) is 63.9 cm³/mol. The van der Waals surface area contributed by atoms with Crippen molar-refractivity contribution in [2.75, 3.05) is 6.54 Å². The molecule has 16 heavy (non-hydrogen) atoms. The molecule has 4 nitrogen and oxygen atoms in total. The van der Waals surface area contributed by atoms with Crippen LogP contribution >= 0.6 is 0 Å². The lowest BCUT2D eigenvalue weighted by Gasteiger charge is -2.13. The fourth-order valence-corrected chi connectivity index (χ4v) is 1.77. The highest BCUT2D eigenvalue weighted by Crippen LogP contribution is 2.20. The minimum absolute atomic E-state index is 0.254. The summed E-state index contributed by atoms with van der Waals surface area (Å²) in [7, 11) is 1.91.